The van der Waals surface area contributed by atoms with Crippen molar-refractivity contribution in [2.45, 2.75) is 64.2 Å². The molecule has 4 rings (SSSR count). The Hall–Kier alpha value is 0. The fourth-order valence-corrected chi connectivity index (χ4v) is 5.45. The highest BCUT2D eigenvalue weighted by molar-refractivity contribution is 5.21. The largest absolute Gasteiger partial charge is 0.0533 e. The van der Waals surface area contributed by atoms with E-state index in [1.54, 1.807) is 44.9 Å². The van der Waals surface area contributed by atoms with Gasteiger partial charge in [-0.3, -0.25) is 0 Å². The molecule has 4 saturated carbocycles. The van der Waals surface area contributed by atoms with Crippen LogP contribution >= 0.6 is 0 Å². The summed E-state index contributed by atoms with van der Waals surface area (Å²) in [6, 6.07) is 0. The molecule has 0 heteroatoms. The molecular weight excluding hydrogens is 180 g/mol. The summed E-state index contributed by atoms with van der Waals surface area (Å²) < 4.78 is 0. The summed E-state index contributed by atoms with van der Waals surface area (Å²) in [7, 11) is 0. The molecular formula is C15H24. The van der Waals surface area contributed by atoms with Crippen molar-refractivity contribution in [2.75, 3.05) is 0 Å². The molecule has 0 bridgehead atoms. The lowest BCUT2D eigenvalue weighted by Gasteiger charge is -2.25. The van der Waals surface area contributed by atoms with E-state index < -0.39 is 0 Å². The van der Waals surface area contributed by atoms with E-state index in [-0.39, 0.29) is 0 Å². The maximum Gasteiger partial charge on any atom is -0.0207 e. The first-order chi connectivity index (χ1) is 7.41. The molecule has 0 amide bonds. The van der Waals surface area contributed by atoms with Crippen LogP contribution in [0, 0.1) is 29.1 Å². The van der Waals surface area contributed by atoms with Crippen LogP contribution in [0.2, 0.25) is 0 Å². The van der Waals surface area contributed by atoms with Crippen LogP contribution in [0.3, 0.4) is 0 Å². The maximum atomic E-state index is 1.65. The number of hydrogen-bond donors (Lipinski definition) is 0. The van der Waals surface area contributed by atoms with Crippen LogP contribution in [0.4, 0.5) is 0 Å². The highest BCUT2D eigenvalue weighted by Crippen LogP contribution is 2.79. The molecule has 0 aromatic heterocycles. The highest BCUT2D eigenvalue weighted by atomic mass is 14.8. The predicted octanol–water partition coefficient (Wildman–Crippen LogP) is 4.39. The van der Waals surface area contributed by atoms with Crippen LogP contribution < -0.4 is 0 Å². The zero-order chi connectivity index (χ0) is 9.88. The summed E-state index contributed by atoms with van der Waals surface area (Å²) in [5.41, 5.74) is 0.946. The molecule has 0 nitrogen and oxygen atoms in total. The second-order valence-corrected chi connectivity index (χ2v) is 6.89. The fourth-order valence-electron chi connectivity index (χ4n) is 5.45. The average molecular weight is 204 g/mol. The Bertz CT molecular complexity index is 269. The van der Waals surface area contributed by atoms with Crippen molar-refractivity contribution in [3.8, 4) is 0 Å². The predicted molar refractivity (Wildman–Crippen MR) is 62.6 cm³/mol. The van der Waals surface area contributed by atoms with Gasteiger partial charge in [0.2, 0.25) is 0 Å². The van der Waals surface area contributed by atoms with Crippen molar-refractivity contribution in [1.29, 1.82) is 0 Å². The van der Waals surface area contributed by atoms with Gasteiger partial charge in [-0.1, -0.05) is 32.1 Å². The third-order valence-electron chi connectivity index (χ3n) is 6.27. The molecule has 84 valence electrons. The Labute approximate surface area is 93.8 Å². The summed E-state index contributed by atoms with van der Waals surface area (Å²) in [6.45, 7) is 0. The lowest BCUT2D eigenvalue weighted by atomic mass is 9.80. The van der Waals surface area contributed by atoms with Crippen LogP contribution in [-0.2, 0) is 0 Å². The Morgan fingerprint density at radius 1 is 0.733 bits per heavy atom. The van der Waals surface area contributed by atoms with E-state index in [0.29, 0.717) is 0 Å². The van der Waals surface area contributed by atoms with Crippen LogP contribution in [0.15, 0.2) is 0 Å². The van der Waals surface area contributed by atoms with E-state index in [4.69, 9.17) is 0 Å². The van der Waals surface area contributed by atoms with Gasteiger partial charge in [-0.15, -0.1) is 0 Å². The second-order valence-electron chi connectivity index (χ2n) is 6.89. The molecule has 0 heterocycles. The monoisotopic (exact) mass is 204 g/mol. The normalized spacial score (nSPS) is 57.6. The summed E-state index contributed by atoms with van der Waals surface area (Å²) in [5.74, 6) is 4.81. The van der Waals surface area contributed by atoms with E-state index in [1.165, 1.54) is 42.9 Å². The fraction of sp³-hybridized carbons (Fsp3) is 1.00. The number of fused-ring (bicyclic) bond motifs is 1. The Kier molecular flexibility index (Phi) is 1.83. The van der Waals surface area contributed by atoms with Crippen LogP contribution in [-0.4, -0.2) is 0 Å². The third kappa shape index (κ3) is 1.20. The van der Waals surface area contributed by atoms with Crippen molar-refractivity contribution in [3.05, 3.63) is 0 Å². The van der Waals surface area contributed by atoms with Gasteiger partial charge in [0.25, 0.3) is 0 Å². The minimum absolute atomic E-state index is 0.946. The van der Waals surface area contributed by atoms with Gasteiger partial charge in [0.15, 0.2) is 0 Å². The molecule has 4 fully saturated rings. The van der Waals surface area contributed by atoms with E-state index in [0.717, 1.165) is 5.41 Å². The van der Waals surface area contributed by atoms with E-state index >= 15 is 0 Å². The van der Waals surface area contributed by atoms with Gasteiger partial charge in [0, 0.05) is 0 Å². The van der Waals surface area contributed by atoms with Crippen molar-refractivity contribution in [1.82, 2.24) is 0 Å². The summed E-state index contributed by atoms with van der Waals surface area (Å²) in [5, 5.41) is 0. The Balaban J connectivity index is 1.54. The Morgan fingerprint density at radius 2 is 1.47 bits per heavy atom. The highest BCUT2D eigenvalue weighted by Gasteiger charge is 2.72. The van der Waals surface area contributed by atoms with Crippen molar-refractivity contribution >= 4 is 0 Å². The quantitative estimate of drug-likeness (QED) is 0.549. The van der Waals surface area contributed by atoms with Gasteiger partial charge in [0.1, 0.15) is 0 Å². The molecule has 1 spiro atoms. The van der Waals surface area contributed by atoms with Gasteiger partial charge < -0.3 is 0 Å². The third-order valence-corrected chi connectivity index (χ3v) is 6.27. The summed E-state index contributed by atoms with van der Waals surface area (Å²) in [6.07, 6.45) is 15.8. The number of rotatable bonds is 0. The molecule has 0 saturated heterocycles. The first kappa shape index (κ1) is 9.07. The van der Waals surface area contributed by atoms with Crippen LogP contribution in [0.25, 0.3) is 0 Å². The lowest BCUT2D eigenvalue weighted by Crippen LogP contribution is -2.17. The SMILES string of the molecule is C1CCCC2CC3CC3C23CC3CCC1. The molecule has 0 N–H and O–H groups in total. The minimum atomic E-state index is 0.946. The minimum Gasteiger partial charge on any atom is -0.0533 e. The number of hydrogen-bond acceptors (Lipinski definition) is 0. The Morgan fingerprint density at radius 3 is 2.33 bits per heavy atom. The van der Waals surface area contributed by atoms with Crippen molar-refractivity contribution in [3.63, 3.8) is 0 Å². The first-order valence-electron chi connectivity index (χ1n) is 7.41. The first-order valence-corrected chi connectivity index (χ1v) is 7.41. The van der Waals surface area contributed by atoms with E-state index in [9.17, 15) is 0 Å². The molecule has 0 aromatic rings. The standard InChI is InChI=1S/C15H24/c1-2-4-6-12-8-11-9-14(11)15(12)10-13(15)7-5-3-1/h11-14H,1-10H2. The van der Waals surface area contributed by atoms with Crippen molar-refractivity contribution < 1.29 is 0 Å². The molecule has 0 aromatic carbocycles. The van der Waals surface area contributed by atoms with Gasteiger partial charge in [-0.2, -0.15) is 0 Å². The molecule has 0 radical (unpaired) electrons. The topological polar surface area (TPSA) is 0 Å². The summed E-state index contributed by atoms with van der Waals surface area (Å²) >= 11 is 0. The second kappa shape index (κ2) is 3.02. The van der Waals surface area contributed by atoms with Gasteiger partial charge in [-0.25, -0.2) is 0 Å². The zero-order valence-corrected chi connectivity index (χ0v) is 9.88. The lowest BCUT2D eigenvalue weighted by molar-refractivity contribution is 0.247. The smallest absolute Gasteiger partial charge is 0.0207 e. The molecule has 4 aliphatic rings. The molecule has 5 unspecified atom stereocenters. The van der Waals surface area contributed by atoms with E-state index in [1.807, 2.05) is 0 Å². The molecule has 5 atom stereocenters. The molecule has 0 aliphatic heterocycles. The zero-order valence-electron chi connectivity index (χ0n) is 9.88. The molecule has 15 heavy (non-hydrogen) atoms. The maximum absolute atomic E-state index is 1.65. The van der Waals surface area contributed by atoms with Gasteiger partial charge >= 0.3 is 0 Å². The molecule has 4 aliphatic carbocycles. The van der Waals surface area contributed by atoms with Crippen LogP contribution in [0.5, 0.6) is 0 Å². The van der Waals surface area contributed by atoms with Crippen molar-refractivity contribution in [2.24, 2.45) is 29.1 Å². The van der Waals surface area contributed by atoms with E-state index in [2.05, 4.69) is 0 Å². The van der Waals surface area contributed by atoms with Gasteiger partial charge in [-0.05, 0) is 61.2 Å². The van der Waals surface area contributed by atoms with Crippen LogP contribution in [0.1, 0.15) is 64.2 Å². The summed E-state index contributed by atoms with van der Waals surface area (Å²) in [4.78, 5) is 0. The van der Waals surface area contributed by atoms with Gasteiger partial charge in [0.05, 0.1) is 0 Å². The average Bonchev–Trinajstić information content (AvgIpc) is 3.09.